The zero-order chi connectivity index (χ0) is 10.8. The maximum Gasteiger partial charge on any atom is 0.403 e. The first-order valence-corrected chi connectivity index (χ1v) is 4.47. The second kappa shape index (κ2) is 4.16. The SMILES string of the molecule is CC(=O)N[C@H]1CC[C@H](C(F)(F)F)NC1. The normalized spacial score (nSPS) is 28.6. The Morgan fingerprint density at radius 1 is 1.43 bits per heavy atom. The van der Waals surface area contributed by atoms with E-state index in [1.54, 1.807) is 0 Å². The first-order chi connectivity index (χ1) is 6.39. The second-order valence-electron chi connectivity index (χ2n) is 3.48. The molecule has 1 rings (SSSR count). The quantitative estimate of drug-likeness (QED) is 0.672. The summed E-state index contributed by atoms with van der Waals surface area (Å²) in [5.74, 6) is -0.206. The highest BCUT2D eigenvalue weighted by atomic mass is 19.4. The average molecular weight is 210 g/mol. The minimum absolute atomic E-state index is 0.0223. The van der Waals surface area contributed by atoms with E-state index in [0.717, 1.165) is 0 Å². The predicted molar refractivity (Wildman–Crippen MR) is 44.7 cm³/mol. The topological polar surface area (TPSA) is 41.1 Å². The van der Waals surface area contributed by atoms with E-state index in [1.165, 1.54) is 6.92 Å². The van der Waals surface area contributed by atoms with E-state index in [0.29, 0.717) is 6.42 Å². The van der Waals surface area contributed by atoms with Gasteiger partial charge in [-0.3, -0.25) is 4.79 Å². The van der Waals surface area contributed by atoms with E-state index in [4.69, 9.17) is 0 Å². The fourth-order valence-electron chi connectivity index (χ4n) is 1.55. The van der Waals surface area contributed by atoms with Crippen LogP contribution in [0, 0.1) is 0 Å². The van der Waals surface area contributed by atoms with Crippen LogP contribution >= 0.6 is 0 Å². The molecule has 0 radical (unpaired) electrons. The highest BCUT2D eigenvalue weighted by molar-refractivity contribution is 5.73. The Morgan fingerprint density at radius 3 is 2.43 bits per heavy atom. The molecule has 0 aromatic carbocycles. The number of carbonyl (C=O) groups is 1. The molecule has 0 bridgehead atoms. The molecule has 1 saturated heterocycles. The van der Waals surface area contributed by atoms with Gasteiger partial charge < -0.3 is 10.6 Å². The molecule has 1 fully saturated rings. The third kappa shape index (κ3) is 3.17. The molecule has 0 aromatic rings. The number of hydrogen-bond acceptors (Lipinski definition) is 2. The number of nitrogens with one attached hydrogen (secondary N) is 2. The molecule has 14 heavy (non-hydrogen) atoms. The van der Waals surface area contributed by atoms with Gasteiger partial charge in [-0.25, -0.2) is 0 Å². The lowest BCUT2D eigenvalue weighted by molar-refractivity contribution is -0.161. The van der Waals surface area contributed by atoms with Crippen LogP contribution in [0.3, 0.4) is 0 Å². The van der Waals surface area contributed by atoms with Gasteiger partial charge in [0, 0.05) is 19.5 Å². The fourth-order valence-corrected chi connectivity index (χ4v) is 1.55. The Morgan fingerprint density at radius 2 is 2.07 bits per heavy atom. The smallest absolute Gasteiger partial charge is 0.352 e. The summed E-state index contributed by atoms with van der Waals surface area (Å²) < 4.78 is 36.5. The van der Waals surface area contributed by atoms with Crippen LogP contribution in [0.2, 0.25) is 0 Å². The lowest BCUT2D eigenvalue weighted by Crippen LogP contribution is -2.53. The van der Waals surface area contributed by atoms with Crippen molar-refractivity contribution in [1.29, 1.82) is 0 Å². The van der Waals surface area contributed by atoms with Gasteiger partial charge in [0.05, 0.1) is 0 Å². The third-order valence-electron chi connectivity index (χ3n) is 2.22. The Kier molecular flexibility index (Phi) is 3.36. The van der Waals surface area contributed by atoms with Crippen LogP contribution in [-0.4, -0.2) is 30.7 Å². The van der Waals surface area contributed by atoms with Crippen molar-refractivity contribution in [3.05, 3.63) is 0 Å². The van der Waals surface area contributed by atoms with Crippen LogP contribution in [0.4, 0.5) is 13.2 Å². The van der Waals surface area contributed by atoms with Gasteiger partial charge in [-0.2, -0.15) is 13.2 Å². The zero-order valence-corrected chi connectivity index (χ0v) is 7.82. The van der Waals surface area contributed by atoms with Gasteiger partial charge in [0.25, 0.3) is 0 Å². The average Bonchev–Trinajstić information content (AvgIpc) is 2.02. The first-order valence-electron chi connectivity index (χ1n) is 4.47. The van der Waals surface area contributed by atoms with Gasteiger partial charge in [-0.15, -0.1) is 0 Å². The summed E-state index contributed by atoms with van der Waals surface area (Å²) in [5, 5.41) is 4.96. The summed E-state index contributed by atoms with van der Waals surface area (Å²) in [4.78, 5) is 10.6. The van der Waals surface area contributed by atoms with Crippen LogP contribution < -0.4 is 10.6 Å². The highest BCUT2D eigenvalue weighted by Gasteiger charge is 2.41. The minimum atomic E-state index is -4.18. The molecule has 2 atom stereocenters. The van der Waals surface area contributed by atoms with Crippen molar-refractivity contribution in [3.63, 3.8) is 0 Å². The lowest BCUT2D eigenvalue weighted by Gasteiger charge is -2.31. The van der Waals surface area contributed by atoms with Crippen LogP contribution in [0.1, 0.15) is 19.8 Å². The molecule has 0 unspecified atom stereocenters. The molecule has 82 valence electrons. The van der Waals surface area contributed by atoms with Gasteiger partial charge in [-0.05, 0) is 12.8 Å². The van der Waals surface area contributed by atoms with Crippen LogP contribution in [-0.2, 0) is 4.79 Å². The van der Waals surface area contributed by atoms with E-state index in [-0.39, 0.29) is 24.9 Å². The number of rotatable bonds is 1. The molecule has 0 spiro atoms. The van der Waals surface area contributed by atoms with Crippen LogP contribution in [0.15, 0.2) is 0 Å². The Bertz CT molecular complexity index is 209. The summed E-state index contributed by atoms with van der Waals surface area (Å²) in [6.45, 7) is 1.54. The standard InChI is InChI=1S/C8H13F3N2O/c1-5(14)13-6-2-3-7(12-4-6)8(9,10)11/h6-7,12H,2-4H2,1H3,(H,13,14)/t6-,7+/m0/s1. The maximum absolute atomic E-state index is 12.2. The molecule has 1 heterocycles. The summed E-state index contributed by atoms with van der Waals surface area (Å²) >= 11 is 0. The number of carbonyl (C=O) groups excluding carboxylic acids is 1. The van der Waals surface area contributed by atoms with E-state index in [2.05, 4.69) is 10.6 Å². The minimum Gasteiger partial charge on any atom is -0.352 e. The van der Waals surface area contributed by atoms with Crippen molar-refractivity contribution in [3.8, 4) is 0 Å². The molecule has 6 heteroatoms. The van der Waals surface area contributed by atoms with Crippen molar-refractivity contribution in [2.75, 3.05) is 6.54 Å². The summed E-state index contributed by atoms with van der Waals surface area (Å²) in [6, 6.07) is -1.60. The molecule has 3 nitrogen and oxygen atoms in total. The van der Waals surface area contributed by atoms with Gasteiger partial charge in [0.1, 0.15) is 6.04 Å². The molecule has 0 saturated carbocycles. The van der Waals surface area contributed by atoms with E-state index < -0.39 is 12.2 Å². The number of alkyl halides is 3. The van der Waals surface area contributed by atoms with Crippen molar-refractivity contribution < 1.29 is 18.0 Å². The number of halogens is 3. The lowest BCUT2D eigenvalue weighted by atomic mass is 10.0. The monoisotopic (exact) mass is 210 g/mol. The second-order valence-corrected chi connectivity index (χ2v) is 3.48. The zero-order valence-electron chi connectivity index (χ0n) is 7.82. The summed E-state index contributed by atoms with van der Waals surface area (Å²) in [6.07, 6.45) is -3.79. The molecular weight excluding hydrogens is 197 g/mol. The van der Waals surface area contributed by atoms with Crippen LogP contribution in [0.25, 0.3) is 0 Å². The van der Waals surface area contributed by atoms with Crippen molar-refractivity contribution in [2.45, 2.75) is 38.0 Å². The Labute approximate surface area is 80.0 Å². The third-order valence-corrected chi connectivity index (χ3v) is 2.22. The Balaban J connectivity index is 2.35. The van der Waals surface area contributed by atoms with Gasteiger partial charge in [0.2, 0.25) is 5.91 Å². The van der Waals surface area contributed by atoms with Crippen molar-refractivity contribution >= 4 is 5.91 Å². The number of piperidine rings is 1. The summed E-state index contributed by atoms with van der Waals surface area (Å²) in [5.41, 5.74) is 0. The number of hydrogen-bond donors (Lipinski definition) is 2. The van der Waals surface area contributed by atoms with E-state index in [9.17, 15) is 18.0 Å². The molecule has 1 aliphatic rings. The first kappa shape index (κ1) is 11.3. The van der Waals surface area contributed by atoms with Crippen molar-refractivity contribution in [2.24, 2.45) is 0 Å². The van der Waals surface area contributed by atoms with Crippen molar-refractivity contribution in [1.82, 2.24) is 10.6 Å². The predicted octanol–water partition coefficient (Wildman–Crippen LogP) is 0.805. The molecular formula is C8H13F3N2O. The Hall–Kier alpha value is -0.780. The fraction of sp³-hybridized carbons (Fsp3) is 0.875. The maximum atomic E-state index is 12.2. The van der Waals surface area contributed by atoms with E-state index >= 15 is 0 Å². The van der Waals surface area contributed by atoms with Crippen LogP contribution in [0.5, 0.6) is 0 Å². The van der Waals surface area contributed by atoms with Gasteiger partial charge >= 0.3 is 6.18 Å². The number of amides is 1. The molecule has 0 aliphatic carbocycles. The summed E-state index contributed by atoms with van der Waals surface area (Å²) in [7, 11) is 0. The van der Waals surface area contributed by atoms with E-state index in [1.807, 2.05) is 0 Å². The highest BCUT2D eigenvalue weighted by Crippen LogP contribution is 2.25. The molecule has 0 aromatic heterocycles. The van der Waals surface area contributed by atoms with Gasteiger partial charge in [0.15, 0.2) is 0 Å². The van der Waals surface area contributed by atoms with Gasteiger partial charge in [-0.1, -0.05) is 0 Å². The molecule has 2 N–H and O–H groups in total. The molecule has 1 amide bonds. The largest absolute Gasteiger partial charge is 0.403 e. The molecule has 1 aliphatic heterocycles.